The van der Waals surface area contributed by atoms with Crippen molar-refractivity contribution >= 4 is 0 Å². The zero-order valence-electron chi connectivity index (χ0n) is 15.0. The van der Waals surface area contributed by atoms with Gasteiger partial charge in [0.15, 0.2) is 0 Å². The number of hydrogen-bond donors (Lipinski definition) is 3. The van der Waals surface area contributed by atoms with Crippen molar-refractivity contribution in [3.05, 3.63) is 24.0 Å². The minimum Gasteiger partial charge on any atom is -0.508 e. The topological polar surface area (TPSA) is 60.7 Å². The van der Waals surface area contributed by atoms with Crippen molar-refractivity contribution in [3.8, 4) is 0 Å². The van der Waals surface area contributed by atoms with Crippen LogP contribution < -0.4 is 0 Å². The van der Waals surface area contributed by atoms with Crippen LogP contribution in [0.2, 0.25) is 0 Å². The van der Waals surface area contributed by atoms with Crippen LogP contribution in [0.25, 0.3) is 0 Å². The highest BCUT2D eigenvalue weighted by molar-refractivity contribution is 5.18. The molecule has 0 saturated heterocycles. The zero-order chi connectivity index (χ0) is 17.2. The van der Waals surface area contributed by atoms with Crippen LogP contribution in [0.5, 0.6) is 0 Å². The van der Waals surface area contributed by atoms with Crippen molar-refractivity contribution in [2.45, 2.75) is 96.7 Å². The third-order valence-electron chi connectivity index (χ3n) is 4.34. The quantitative estimate of drug-likeness (QED) is 0.269. The molecule has 0 rings (SSSR count). The van der Waals surface area contributed by atoms with Gasteiger partial charge in [0.25, 0.3) is 0 Å². The van der Waals surface area contributed by atoms with Gasteiger partial charge in [-0.05, 0) is 64.9 Å². The summed E-state index contributed by atoms with van der Waals surface area (Å²) in [6.07, 6.45) is 9.73. The monoisotopic (exact) mass is 312 g/mol. The molecule has 0 saturated carbocycles. The maximum atomic E-state index is 10.4. The summed E-state index contributed by atoms with van der Waals surface area (Å²) in [5, 5.41) is 29.9. The van der Waals surface area contributed by atoms with Crippen LogP contribution in [0.4, 0.5) is 0 Å². The van der Waals surface area contributed by atoms with Gasteiger partial charge in [0, 0.05) is 0 Å². The fourth-order valence-corrected chi connectivity index (χ4v) is 2.57. The second-order valence-electron chi connectivity index (χ2n) is 7.18. The SMILES string of the molecule is C=C(O)/C(C)=C/CCC(C)(O)CCCC(C)(O)CCCCC. The highest BCUT2D eigenvalue weighted by atomic mass is 16.3. The largest absolute Gasteiger partial charge is 0.508 e. The van der Waals surface area contributed by atoms with Crippen LogP contribution in [0.1, 0.15) is 85.5 Å². The van der Waals surface area contributed by atoms with Crippen molar-refractivity contribution in [2.75, 3.05) is 0 Å². The molecule has 0 aliphatic carbocycles. The van der Waals surface area contributed by atoms with Crippen LogP contribution in [-0.2, 0) is 0 Å². The van der Waals surface area contributed by atoms with E-state index in [0.29, 0.717) is 19.3 Å². The molecule has 0 aliphatic heterocycles. The van der Waals surface area contributed by atoms with E-state index in [9.17, 15) is 15.3 Å². The lowest BCUT2D eigenvalue weighted by Gasteiger charge is -2.27. The van der Waals surface area contributed by atoms with Gasteiger partial charge in [0.05, 0.1) is 11.2 Å². The molecule has 22 heavy (non-hydrogen) atoms. The number of hydrogen-bond acceptors (Lipinski definition) is 3. The summed E-state index contributed by atoms with van der Waals surface area (Å²) in [5.41, 5.74) is -0.585. The highest BCUT2D eigenvalue weighted by Crippen LogP contribution is 2.26. The fraction of sp³-hybridized carbons (Fsp3) is 0.789. The summed E-state index contributed by atoms with van der Waals surface area (Å²) in [7, 11) is 0. The van der Waals surface area contributed by atoms with Crippen LogP contribution in [-0.4, -0.2) is 26.5 Å². The average Bonchev–Trinajstić information content (AvgIpc) is 2.37. The van der Waals surface area contributed by atoms with Crippen molar-refractivity contribution in [1.82, 2.24) is 0 Å². The first-order valence-electron chi connectivity index (χ1n) is 8.59. The molecule has 0 aromatic heterocycles. The van der Waals surface area contributed by atoms with E-state index < -0.39 is 11.2 Å². The summed E-state index contributed by atoms with van der Waals surface area (Å²) in [4.78, 5) is 0. The van der Waals surface area contributed by atoms with Gasteiger partial charge in [-0.1, -0.05) is 38.8 Å². The van der Waals surface area contributed by atoms with E-state index in [-0.39, 0.29) is 5.76 Å². The van der Waals surface area contributed by atoms with Gasteiger partial charge in [-0.2, -0.15) is 0 Å². The summed E-state index contributed by atoms with van der Waals surface area (Å²) in [6.45, 7) is 11.2. The second-order valence-corrected chi connectivity index (χ2v) is 7.18. The Morgan fingerprint density at radius 3 is 1.95 bits per heavy atom. The summed E-state index contributed by atoms with van der Waals surface area (Å²) in [5.74, 6) is 0.0859. The Bertz CT molecular complexity index is 354. The lowest BCUT2D eigenvalue weighted by molar-refractivity contribution is 0.0127. The smallest absolute Gasteiger partial charge is 0.110 e. The third kappa shape index (κ3) is 10.9. The van der Waals surface area contributed by atoms with Crippen LogP contribution in [0, 0.1) is 0 Å². The van der Waals surface area contributed by atoms with Crippen LogP contribution in [0.15, 0.2) is 24.0 Å². The molecule has 0 bridgehead atoms. The number of unbranched alkanes of at least 4 members (excludes halogenated alkanes) is 2. The van der Waals surface area contributed by atoms with Gasteiger partial charge in [0.1, 0.15) is 5.76 Å². The molecular weight excluding hydrogens is 276 g/mol. The molecule has 3 heteroatoms. The Hall–Kier alpha value is -0.800. The Kier molecular flexibility index (Phi) is 9.70. The molecular formula is C19H36O3. The normalized spacial score (nSPS) is 17.8. The fourth-order valence-electron chi connectivity index (χ4n) is 2.57. The Morgan fingerprint density at radius 2 is 1.45 bits per heavy atom. The number of rotatable bonds is 12. The van der Waals surface area contributed by atoms with E-state index in [1.165, 1.54) is 0 Å². The Balaban J connectivity index is 4.06. The summed E-state index contributed by atoms with van der Waals surface area (Å²) < 4.78 is 0. The predicted octanol–water partition coefficient (Wildman–Crippen LogP) is 5.04. The number of aliphatic hydroxyl groups is 3. The maximum absolute atomic E-state index is 10.4. The Labute approximate surface area is 136 Å². The van der Waals surface area contributed by atoms with E-state index in [4.69, 9.17) is 0 Å². The first-order valence-corrected chi connectivity index (χ1v) is 8.59. The molecule has 3 N–H and O–H groups in total. The van der Waals surface area contributed by atoms with Crippen LogP contribution >= 0.6 is 0 Å². The minimum absolute atomic E-state index is 0.0859. The van der Waals surface area contributed by atoms with Gasteiger partial charge in [0.2, 0.25) is 0 Å². The molecule has 0 aliphatic rings. The number of allylic oxidation sites excluding steroid dienone is 2. The standard InChI is InChI=1S/C19H36O3/c1-6-7-8-12-18(4,21)14-10-15-19(5,22)13-9-11-16(2)17(3)20/h11,20-22H,3,6-10,12-15H2,1-2,4-5H3/b16-11+. The van der Waals surface area contributed by atoms with Crippen molar-refractivity contribution in [2.24, 2.45) is 0 Å². The molecule has 0 radical (unpaired) electrons. The van der Waals surface area contributed by atoms with Gasteiger partial charge >= 0.3 is 0 Å². The third-order valence-corrected chi connectivity index (χ3v) is 4.34. The van der Waals surface area contributed by atoms with E-state index in [1.807, 2.05) is 26.8 Å². The highest BCUT2D eigenvalue weighted by Gasteiger charge is 2.23. The minimum atomic E-state index is -0.729. The van der Waals surface area contributed by atoms with Crippen molar-refractivity contribution in [3.63, 3.8) is 0 Å². The molecule has 0 aromatic rings. The van der Waals surface area contributed by atoms with Gasteiger partial charge in [-0.15, -0.1) is 0 Å². The lowest BCUT2D eigenvalue weighted by atomic mass is 9.87. The molecule has 0 aromatic carbocycles. The first kappa shape index (κ1) is 21.2. The van der Waals surface area contributed by atoms with Crippen LogP contribution in [0.3, 0.4) is 0 Å². The van der Waals surface area contributed by atoms with Gasteiger partial charge in [-0.25, -0.2) is 0 Å². The van der Waals surface area contributed by atoms with Gasteiger partial charge in [-0.3, -0.25) is 0 Å². The molecule has 0 spiro atoms. The molecule has 130 valence electrons. The van der Waals surface area contributed by atoms with Crippen molar-refractivity contribution in [1.29, 1.82) is 0 Å². The predicted molar refractivity (Wildman–Crippen MR) is 94.0 cm³/mol. The average molecular weight is 312 g/mol. The molecule has 2 atom stereocenters. The van der Waals surface area contributed by atoms with E-state index >= 15 is 0 Å². The van der Waals surface area contributed by atoms with Gasteiger partial charge < -0.3 is 15.3 Å². The van der Waals surface area contributed by atoms with Crippen molar-refractivity contribution < 1.29 is 15.3 Å². The maximum Gasteiger partial charge on any atom is 0.110 e. The zero-order valence-corrected chi connectivity index (χ0v) is 15.0. The lowest BCUT2D eigenvalue weighted by Crippen LogP contribution is -2.27. The van der Waals surface area contributed by atoms with E-state index in [0.717, 1.165) is 44.1 Å². The first-order chi connectivity index (χ1) is 10.1. The molecule has 0 amide bonds. The summed E-state index contributed by atoms with van der Waals surface area (Å²) >= 11 is 0. The van der Waals surface area contributed by atoms with E-state index in [2.05, 4.69) is 13.5 Å². The molecule has 0 heterocycles. The molecule has 3 nitrogen and oxygen atoms in total. The van der Waals surface area contributed by atoms with E-state index in [1.54, 1.807) is 0 Å². The molecule has 0 fully saturated rings. The summed E-state index contributed by atoms with van der Waals surface area (Å²) in [6, 6.07) is 0. The number of aliphatic hydroxyl groups excluding tert-OH is 1. The Morgan fingerprint density at radius 1 is 0.955 bits per heavy atom. The second kappa shape index (κ2) is 10.1. The molecule has 2 unspecified atom stereocenters.